The first-order valence-corrected chi connectivity index (χ1v) is 7.21. The van der Waals surface area contributed by atoms with E-state index < -0.39 is 0 Å². The number of likely N-dealkylation sites (tertiary alicyclic amines) is 1. The standard InChI is InChI=1S/C15H25N3O2/c1-11(2)18-12(9-19-3)8-13(14(18)10-20-4)15-16-6-5-7-17-15/h5-7,11-14H,8-10H2,1-4H3/t12-,13?,14+/m0/s1. The van der Waals surface area contributed by atoms with E-state index in [2.05, 4.69) is 28.7 Å². The number of rotatable bonds is 6. The third-order valence-corrected chi connectivity index (χ3v) is 4.01. The molecule has 0 aromatic carbocycles. The molecule has 0 saturated carbocycles. The van der Waals surface area contributed by atoms with E-state index in [0.717, 1.165) is 18.9 Å². The molecular formula is C15H25N3O2. The molecule has 0 radical (unpaired) electrons. The summed E-state index contributed by atoms with van der Waals surface area (Å²) in [4.78, 5) is 11.4. The van der Waals surface area contributed by atoms with E-state index in [4.69, 9.17) is 9.47 Å². The van der Waals surface area contributed by atoms with E-state index in [-0.39, 0.29) is 0 Å². The second-order valence-corrected chi connectivity index (χ2v) is 5.62. The second kappa shape index (κ2) is 7.11. The summed E-state index contributed by atoms with van der Waals surface area (Å²) in [5.41, 5.74) is 0. The molecule has 1 aromatic rings. The molecule has 1 aliphatic rings. The number of ether oxygens (including phenoxy) is 2. The fraction of sp³-hybridized carbons (Fsp3) is 0.733. The van der Waals surface area contributed by atoms with Crippen LogP contribution in [0.4, 0.5) is 0 Å². The Morgan fingerprint density at radius 1 is 1.20 bits per heavy atom. The van der Waals surface area contributed by atoms with Gasteiger partial charge in [0.1, 0.15) is 5.82 Å². The summed E-state index contributed by atoms with van der Waals surface area (Å²) in [6.07, 6.45) is 4.65. The Morgan fingerprint density at radius 3 is 2.40 bits per heavy atom. The zero-order chi connectivity index (χ0) is 14.5. The van der Waals surface area contributed by atoms with Crippen LogP contribution in [0.5, 0.6) is 0 Å². The summed E-state index contributed by atoms with van der Waals surface area (Å²) in [7, 11) is 3.52. The fourth-order valence-electron chi connectivity index (χ4n) is 3.35. The highest BCUT2D eigenvalue weighted by atomic mass is 16.5. The molecule has 2 heterocycles. The maximum atomic E-state index is 5.45. The number of methoxy groups -OCH3 is 2. The number of hydrogen-bond acceptors (Lipinski definition) is 5. The Hall–Kier alpha value is -1.04. The van der Waals surface area contributed by atoms with Crippen LogP contribution in [0.1, 0.15) is 32.0 Å². The zero-order valence-electron chi connectivity index (χ0n) is 12.8. The molecule has 0 aliphatic carbocycles. The highest BCUT2D eigenvalue weighted by Crippen LogP contribution is 2.37. The predicted molar refractivity (Wildman–Crippen MR) is 77.7 cm³/mol. The van der Waals surface area contributed by atoms with Gasteiger partial charge in [-0.1, -0.05) is 0 Å². The quantitative estimate of drug-likeness (QED) is 0.793. The van der Waals surface area contributed by atoms with Gasteiger partial charge >= 0.3 is 0 Å². The van der Waals surface area contributed by atoms with E-state index in [0.29, 0.717) is 30.7 Å². The first kappa shape index (κ1) is 15.4. The normalized spacial score (nSPS) is 27.4. The van der Waals surface area contributed by atoms with E-state index in [1.165, 1.54) is 0 Å². The summed E-state index contributed by atoms with van der Waals surface area (Å²) in [5.74, 6) is 1.22. The summed E-state index contributed by atoms with van der Waals surface area (Å²) < 4.78 is 10.8. The van der Waals surface area contributed by atoms with Crippen molar-refractivity contribution in [3.05, 3.63) is 24.3 Å². The minimum atomic E-state index is 0.304. The molecule has 0 bridgehead atoms. The minimum Gasteiger partial charge on any atom is -0.383 e. The Labute approximate surface area is 121 Å². The van der Waals surface area contributed by atoms with Gasteiger partial charge in [0, 0.05) is 50.7 Å². The highest BCUT2D eigenvalue weighted by Gasteiger charge is 2.44. The highest BCUT2D eigenvalue weighted by molar-refractivity contribution is 5.10. The number of hydrogen-bond donors (Lipinski definition) is 0. The first-order valence-electron chi connectivity index (χ1n) is 7.21. The molecule has 1 saturated heterocycles. The summed E-state index contributed by atoms with van der Waals surface area (Å²) in [5, 5.41) is 0. The van der Waals surface area contributed by atoms with Crippen molar-refractivity contribution in [2.75, 3.05) is 27.4 Å². The van der Waals surface area contributed by atoms with Crippen LogP contribution >= 0.6 is 0 Å². The smallest absolute Gasteiger partial charge is 0.132 e. The molecule has 2 rings (SSSR count). The van der Waals surface area contributed by atoms with Gasteiger partial charge in [-0.25, -0.2) is 9.97 Å². The Balaban J connectivity index is 2.26. The third-order valence-electron chi connectivity index (χ3n) is 4.01. The number of aromatic nitrogens is 2. The average molecular weight is 279 g/mol. The third kappa shape index (κ3) is 3.16. The summed E-state index contributed by atoms with van der Waals surface area (Å²) in [6, 6.07) is 3.01. The van der Waals surface area contributed by atoms with Crippen LogP contribution in [0, 0.1) is 0 Å². The van der Waals surface area contributed by atoms with E-state index in [1.54, 1.807) is 14.2 Å². The molecule has 20 heavy (non-hydrogen) atoms. The maximum absolute atomic E-state index is 5.45. The van der Waals surface area contributed by atoms with Crippen LogP contribution in [0.15, 0.2) is 18.5 Å². The van der Waals surface area contributed by atoms with Crippen molar-refractivity contribution in [2.24, 2.45) is 0 Å². The first-order chi connectivity index (χ1) is 9.69. The van der Waals surface area contributed by atoms with E-state index >= 15 is 0 Å². The lowest BCUT2D eigenvalue weighted by atomic mass is 9.98. The van der Waals surface area contributed by atoms with Crippen LogP contribution in [0.25, 0.3) is 0 Å². The van der Waals surface area contributed by atoms with E-state index in [1.807, 2.05) is 18.5 Å². The van der Waals surface area contributed by atoms with Crippen molar-refractivity contribution >= 4 is 0 Å². The molecule has 0 spiro atoms. The SMILES string of the molecule is COC[C@@H]1CC(c2ncccn2)[C@@H](COC)N1C(C)C. The van der Waals surface area contributed by atoms with Gasteiger partial charge in [0.25, 0.3) is 0 Å². The van der Waals surface area contributed by atoms with Crippen molar-refractivity contribution < 1.29 is 9.47 Å². The van der Waals surface area contributed by atoms with Crippen LogP contribution in [-0.4, -0.2) is 60.4 Å². The molecule has 5 nitrogen and oxygen atoms in total. The van der Waals surface area contributed by atoms with Gasteiger partial charge in [-0.2, -0.15) is 0 Å². The van der Waals surface area contributed by atoms with Gasteiger partial charge in [-0.3, -0.25) is 4.90 Å². The predicted octanol–water partition coefficient (Wildman–Crippen LogP) is 1.70. The van der Waals surface area contributed by atoms with Crippen LogP contribution in [-0.2, 0) is 9.47 Å². The van der Waals surface area contributed by atoms with Crippen molar-refractivity contribution in [1.29, 1.82) is 0 Å². The zero-order valence-corrected chi connectivity index (χ0v) is 12.8. The molecule has 3 atom stereocenters. The molecule has 1 aliphatic heterocycles. The minimum absolute atomic E-state index is 0.304. The van der Waals surface area contributed by atoms with Crippen molar-refractivity contribution in [1.82, 2.24) is 14.9 Å². The Kier molecular flexibility index (Phi) is 5.46. The van der Waals surface area contributed by atoms with Gasteiger partial charge in [0.15, 0.2) is 0 Å². The average Bonchev–Trinajstić information content (AvgIpc) is 2.79. The molecule has 5 heteroatoms. The van der Waals surface area contributed by atoms with Crippen molar-refractivity contribution in [3.63, 3.8) is 0 Å². The van der Waals surface area contributed by atoms with Crippen LogP contribution in [0.2, 0.25) is 0 Å². The van der Waals surface area contributed by atoms with Gasteiger partial charge in [-0.15, -0.1) is 0 Å². The van der Waals surface area contributed by atoms with E-state index in [9.17, 15) is 0 Å². The molecule has 0 N–H and O–H groups in total. The second-order valence-electron chi connectivity index (χ2n) is 5.62. The lowest BCUT2D eigenvalue weighted by Gasteiger charge is -2.34. The van der Waals surface area contributed by atoms with Crippen molar-refractivity contribution in [3.8, 4) is 0 Å². The molecular weight excluding hydrogens is 254 g/mol. The monoisotopic (exact) mass is 279 g/mol. The maximum Gasteiger partial charge on any atom is 0.132 e. The van der Waals surface area contributed by atoms with Crippen LogP contribution in [0.3, 0.4) is 0 Å². The van der Waals surface area contributed by atoms with Gasteiger partial charge in [-0.05, 0) is 26.3 Å². The molecule has 1 unspecified atom stereocenters. The fourth-order valence-corrected chi connectivity index (χ4v) is 3.35. The Bertz CT molecular complexity index is 399. The topological polar surface area (TPSA) is 47.5 Å². The lowest BCUT2D eigenvalue weighted by molar-refractivity contribution is 0.0408. The van der Waals surface area contributed by atoms with Crippen molar-refractivity contribution in [2.45, 2.75) is 44.3 Å². The molecule has 112 valence electrons. The molecule has 0 amide bonds. The lowest BCUT2D eigenvalue weighted by Crippen LogP contribution is -2.46. The summed E-state index contributed by atoms with van der Waals surface area (Å²) in [6.45, 7) is 5.88. The summed E-state index contributed by atoms with van der Waals surface area (Å²) >= 11 is 0. The van der Waals surface area contributed by atoms with Gasteiger partial charge in [0.05, 0.1) is 13.2 Å². The Morgan fingerprint density at radius 2 is 1.85 bits per heavy atom. The van der Waals surface area contributed by atoms with Crippen LogP contribution < -0.4 is 0 Å². The largest absolute Gasteiger partial charge is 0.383 e. The van der Waals surface area contributed by atoms with Gasteiger partial charge < -0.3 is 9.47 Å². The molecule has 1 aromatic heterocycles. The molecule has 1 fully saturated rings. The van der Waals surface area contributed by atoms with Gasteiger partial charge in [0.2, 0.25) is 0 Å². The number of nitrogens with zero attached hydrogens (tertiary/aromatic N) is 3.